The number of rotatable bonds is 19. The van der Waals surface area contributed by atoms with E-state index in [1.54, 1.807) is 12.1 Å². The molecule has 9 nitrogen and oxygen atoms in total. The van der Waals surface area contributed by atoms with Crippen LogP contribution in [-0.2, 0) is 39.2 Å². The van der Waals surface area contributed by atoms with Crippen LogP contribution >= 0.6 is 11.8 Å². The van der Waals surface area contributed by atoms with Crippen LogP contribution < -0.4 is 15.9 Å². The lowest BCUT2D eigenvalue weighted by Gasteiger charge is -2.24. The van der Waals surface area contributed by atoms with Gasteiger partial charge in [0.15, 0.2) is 0 Å². The molecule has 1 amide bonds. The summed E-state index contributed by atoms with van der Waals surface area (Å²) in [5.74, 6) is -0.827. The molecular formula is C39H48N4O5S2. The predicted octanol–water partition coefficient (Wildman–Crippen LogP) is 6.25. The summed E-state index contributed by atoms with van der Waals surface area (Å²) in [4.78, 5) is 36.6. The van der Waals surface area contributed by atoms with Crippen molar-refractivity contribution in [3.8, 4) is 11.1 Å². The van der Waals surface area contributed by atoms with Crippen LogP contribution in [0.15, 0.2) is 102 Å². The van der Waals surface area contributed by atoms with Gasteiger partial charge in [-0.05, 0) is 107 Å². The van der Waals surface area contributed by atoms with Gasteiger partial charge in [-0.2, -0.15) is 11.8 Å². The largest absolute Gasteiger partial charge is 0.353 e. The van der Waals surface area contributed by atoms with E-state index < -0.39 is 27.9 Å². The maximum atomic E-state index is 14.0. The predicted molar refractivity (Wildman–Crippen MR) is 202 cm³/mol. The van der Waals surface area contributed by atoms with E-state index in [4.69, 9.17) is 10.6 Å². The summed E-state index contributed by atoms with van der Waals surface area (Å²) >= 11 is 1.50. The minimum absolute atomic E-state index is 0.0801. The average molecular weight is 717 g/mol. The third-order valence-electron chi connectivity index (χ3n) is 8.48. The second kappa shape index (κ2) is 19.4. The summed E-state index contributed by atoms with van der Waals surface area (Å²) in [6.07, 6.45) is 5.25. The van der Waals surface area contributed by atoms with E-state index >= 15 is 0 Å². The van der Waals surface area contributed by atoms with Crippen molar-refractivity contribution in [2.75, 3.05) is 25.1 Å². The van der Waals surface area contributed by atoms with Crippen LogP contribution in [0.3, 0.4) is 0 Å². The summed E-state index contributed by atoms with van der Waals surface area (Å²) in [7, 11) is -4.16. The molecule has 0 spiro atoms. The highest BCUT2D eigenvalue weighted by Gasteiger charge is 2.27. The number of nitrogens with zero attached hydrogens (tertiary/aromatic N) is 1. The first-order chi connectivity index (χ1) is 24.1. The molecule has 1 atom stereocenters. The Morgan fingerprint density at radius 1 is 0.880 bits per heavy atom. The highest BCUT2D eigenvalue weighted by atomic mass is 32.2. The van der Waals surface area contributed by atoms with Crippen LogP contribution in [-0.4, -0.2) is 56.3 Å². The van der Waals surface area contributed by atoms with Crippen molar-refractivity contribution in [3.63, 3.8) is 0 Å². The zero-order valence-corrected chi connectivity index (χ0v) is 30.7. The van der Waals surface area contributed by atoms with Gasteiger partial charge in [0, 0.05) is 25.2 Å². The summed E-state index contributed by atoms with van der Waals surface area (Å²) < 4.78 is 25.6. The Bertz CT molecular complexity index is 1800. The van der Waals surface area contributed by atoms with Crippen molar-refractivity contribution in [3.05, 3.63) is 125 Å². The Labute approximate surface area is 301 Å². The maximum absolute atomic E-state index is 14.0. The van der Waals surface area contributed by atoms with Gasteiger partial charge in [-0.25, -0.2) is 13.2 Å². The van der Waals surface area contributed by atoms with Crippen LogP contribution in [0, 0.1) is 6.92 Å². The lowest BCUT2D eigenvalue weighted by Crippen LogP contribution is -2.44. The van der Waals surface area contributed by atoms with Crippen molar-refractivity contribution in [1.82, 2.24) is 15.1 Å². The fourth-order valence-electron chi connectivity index (χ4n) is 5.57. The molecule has 4 N–H and O–H groups in total. The fraction of sp³-hybridized carbons (Fsp3) is 0.333. The SMILES string of the molecule is CCCCN(CCc1ccccc1)Cc1ccc(C(=O)N[C@@H](CCSC)C(=O)ONS(=O)(=O)c2ccc(CN)cc2)c(-c2ccccc2C)c1. The number of benzene rings is 4. The molecule has 4 aromatic carbocycles. The molecule has 4 rings (SSSR count). The molecule has 0 aliphatic heterocycles. The lowest BCUT2D eigenvalue weighted by molar-refractivity contribution is -0.149. The van der Waals surface area contributed by atoms with Crippen LogP contribution in [0.2, 0.25) is 0 Å². The molecule has 0 unspecified atom stereocenters. The number of sulfonamides is 1. The number of carbonyl (C=O) groups is 2. The number of aryl methyl sites for hydroxylation is 1. The normalized spacial score (nSPS) is 12.1. The molecule has 0 aliphatic carbocycles. The van der Waals surface area contributed by atoms with E-state index in [-0.39, 0.29) is 17.9 Å². The summed E-state index contributed by atoms with van der Waals surface area (Å²) in [6, 6.07) is 29.1. The molecule has 0 saturated carbocycles. The molecular weight excluding hydrogens is 669 g/mol. The minimum Gasteiger partial charge on any atom is -0.353 e. The number of nitrogens with two attached hydrogens (primary N) is 1. The smallest absolute Gasteiger partial charge is 0.348 e. The Balaban J connectivity index is 1.56. The first-order valence-corrected chi connectivity index (χ1v) is 19.8. The van der Waals surface area contributed by atoms with Crippen LogP contribution in [0.1, 0.15) is 58.8 Å². The van der Waals surface area contributed by atoms with E-state index in [1.807, 2.05) is 60.5 Å². The first kappa shape index (κ1) is 38.8. The number of hydrogen-bond donors (Lipinski definition) is 3. The van der Waals surface area contributed by atoms with E-state index in [9.17, 15) is 18.0 Å². The van der Waals surface area contributed by atoms with E-state index in [1.165, 1.54) is 29.5 Å². The van der Waals surface area contributed by atoms with Crippen LogP contribution in [0.4, 0.5) is 0 Å². The molecule has 0 fully saturated rings. The average Bonchev–Trinajstić information content (AvgIpc) is 3.14. The number of carbonyl (C=O) groups excluding carboxylic acids is 2. The second-order valence-corrected chi connectivity index (χ2v) is 14.9. The highest BCUT2D eigenvalue weighted by molar-refractivity contribution is 7.98. The number of amides is 1. The van der Waals surface area contributed by atoms with Gasteiger partial charge in [0.1, 0.15) is 6.04 Å². The quantitative estimate of drug-likeness (QED) is 0.0971. The Morgan fingerprint density at radius 3 is 2.26 bits per heavy atom. The van der Waals surface area contributed by atoms with Gasteiger partial charge in [-0.1, -0.05) is 86.1 Å². The zero-order chi connectivity index (χ0) is 35.9. The molecule has 0 heterocycles. The Kier molecular flexibility index (Phi) is 15.1. The first-order valence-electron chi connectivity index (χ1n) is 16.9. The highest BCUT2D eigenvalue weighted by Crippen LogP contribution is 2.29. The van der Waals surface area contributed by atoms with Gasteiger partial charge >= 0.3 is 5.97 Å². The molecule has 0 aromatic heterocycles. The number of thioether (sulfide) groups is 1. The maximum Gasteiger partial charge on any atom is 0.348 e. The minimum atomic E-state index is -4.16. The molecule has 50 heavy (non-hydrogen) atoms. The van der Waals surface area contributed by atoms with Gasteiger partial charge in [-0.3, -0.25) is 9.69 Å². The lowest BCUT2D eigenvalue weighted by atomic mass is 9.93. The number of nitrogens with one attached hydrogen (secondary N) is 2. The van der Waals surface area contributed by atoms with Gasteiger partial charge < -0.3 is 15.9 Å². The topological polar surface area (TPSA) is 131 Å². The molecule has 4 aromatic rings. The molecule has 266 valence electrons. The standard InChI is InChI=1S/C39H48N4O5S2/c1-4-5-23-43(24-21-30-12-7-6-8-13-30)28-32-17-20-35(36(26-32)34-14-10-9-11-29(34)2)38(44)41-37(22-25-49-3)39(45)48-42-50(46,47)33-18-15-31(27-40)16-19-33/h6-20,26,37,42H,4-5,21-25,27-28,40H2,1-3H3,(H,41,44)/t37-/m0/s1. The van der Waals surface area contributed by atoms with Crippen molar-refractivity contribution in [1.29, 1.82) is 0 Å². The third kappa shape index (κ3) is 11.3. The Hall–Kier alpha value is -4.00. The van der Waals surface area contributed by atoms with E-state index in [0.29, 0.717) is 11.3 Å². The van der Waals surface area contributed by atoms with Crippen molar-refractivity contribution >= 4 is 33.7 Å². The number of hydrogen-bond acceptors (Lipinski definition) is 8. The molecule has 0 radical (unpaired) electrons. The van der Waals surface area contributed by atoms with Crippen molar-refractivity contribution < 1.29 is 22.8 Å². The van der Waals surface area contributed by atoms with Gasteiger partial charge in [-0.15, -0.1) is 0 Å². The second-order valence-electron chi connectivity index (χ2n) is 12.2. The molecule has 0 aliphatic rings. The fourth-order valence-corrected chi connectivity index (χ4v) is 6.82. The van der Waals surface area contributed by atoms with Crippen molar-refractivity contribution in [2.45, 2.75) is 63.6 Å². The molecule has 0 saturated heterocycles. The summed E-state index contributed by atoms with van der Waals surface area (Å²) in [5, 5.41) is 2.83. The van der Waals surface area contributed by atoms with E-state index in [0.717, 1.165) is 66.7 Å². The van der Waals surface area contributed by atoms with Gasteiger partial charge in [0.05, 0.1) is 4.90 Å². The zero-order valence-electron chi connectivity index (χ0n) is 29.1. The Morgan fingerprint density at radius 2 is 1.58 bits per heavy atom. The summed E-state index contributed by atoms with van der Waals surface area (Å²) in [5.41, 5.74) is 11.8. The van der Waals surface area contributed by atoms with E-state index in [2.05, 4.69) is 47.5 Å². The summed E-state index contributed by atoms with van der Waals surface area (Å²) in [6.45, 7) is 7.07. The van der Waals surface area contributed by atoms with Crippen LogP contribution in [0.25, 0.3) is 11.1 Å². The van der Waals surface area contributed by atoms with Gasteiger partial charge in [0.25, 0.3) is 15.9 Å². The molecule has 11 heteroatoms. The molecule has 0 bridgehead atoms. The van der Waals surface area contributed by atoms with Crippen molar-refractivity contribution in [2.24, 2.45) is 5.73 Å². The monoisotopic (exact) mass is 716 g/mol. The van der Waals surface area contributed by atoms with Crippen LogP contribution in [0.5, 0.6) is 0 Å². The van der Waals surface area contributed by atoms with Gasteiger partial charge in [0.2, 0.25) is 0 Å². The third-order valence-corrected chi connectivity index (χ3v) is 10.3. The number of unbranched alkanes of at least 4 members (excludes halogenated alkanes) is 1.